The lowest BCUT2D eigenvalue weighted by Gasteiger charge is -2.18. The van der Waals surface area contributed by atoms with Crippen LogP contribution < -0.4 is 11.1 Å². The number of aromatic nitrogens is 2. The zero-order valence-electron chi connectivity index (χ0n) is 14.7. The number of nitrogens with two attached hydrogens (primary N) is 1. The van der Waals surface area contributed by atoms with Gasteiger partial charge in [-0.3, -0.25) is 9.59 Å². The number of rotatable bonds is 5. The van der Waals surface area contributed by atoms with Crippen LogP contribution in [0.15, 0.2) is 30.3 Å². The number of hydrogen-bond donors (Lipinski definition) is 2. The summed E-state index contributed by atoms with van der Waals surface area (Å²) < 4.78 is 1.88. The number of benzene rings is 1. The second-order valence-corrected chi connectivity index (χ2v) is 6.80. The fourth-order valence-corrected chi connectivity index (χ4v) is 3.56. The molecule has 0 radical (unpaired) electrons. The Kier molecular flexibility index (Phi) is 4.88. The lowest BCUT2D eigenvalue weighted by molar-refractivity contribution is -0.124. The topological polar surface area (TPSA) is 90.0 Å². The predicted octanol–water partition coefficient (Wildman–Crippen LogP) is 1.80. The van der Waals surface area contributed by atoms with Crippen LogP contribution in [0.4, 0.5) is 0 Å². The van der Waals surface area contributed by atoms with Crippen LogP contribution in [0.2, 0.25) is 0 Å². The van der Waals surface area contributed by atoms with Gasteiger partial charge in [-0.25, -0.2) is 4.68 Å². The van der Waals surface area contributed by atoms with Crippen LogP contribution in [-0.4, -0.2) is 27.6 Å². The standard InChI is InChI=1S/C19H24N4O2/c1-12-10-13(2)23(22-12)15-8-6-14(7-9-15)11-18(24)21-17-5-3-4-16(17)19(20)25/h6-10,16-17H,3-5,11H2,1-2H3,(H2,20,25)(H,21,24)/t16-,17+/m0/s1. The Bertz CT molecular complexity index is 779. The van der Waals surface area contributed by atoms with Gasteiger partial charge in [-0.15, -0.1) is 0 Å². The highest BCUT2D eigenvalue weighted by molar-refractivity contribution is 5.82. The Balaban J connectivity index is 1.62. The molecule has 0 spiro atoms. The van der Waals surface area contributed by atoms with Crippen molar-refractivity contribution in [2.45, 2.75) is 45.6 Å². The van der Waals surface area contributed by atoms with Gasteiger partial charge in [0.2, 0.25) is 11.8 Å². The maximum Gasteiger partial charge on any atom is 0.224 e. The van der Waals surface area contributed by atoms with Crippen molar-refractivity contribution in [1.29, 1.82) is 0 Å². The maximum atomic E-state index is 12.3. The second kappa shape index (κ2) is 7.09. The van der Waals surface area contributed by atoms with Crippen molar-refractivity contribution in [1.82, 2.24) is 15.1 Å². The summed E-state index contributed by atoms with van der Waals surface area (Å²) in [5, 5.41) is 7.42. The van der Waals surface area contributed by atoms with E-state index in [2.05, 4.69) is 10.4 Å². The molecule has 2 amide bonds. The van der Waals surface area contributed by atoms with Crippen molar-refractivity contribution in [3.05, 3.63) is 47.3 Å². The van der Waals surface area contributed by atoms with E-state index in [1.54, 1.807) is 0 Å². The van der Waals surface area contributed by atoms with E-state index in [1.807, 2.05) is 48.9 Å². The SMILES string of the molecule is Cc1cc(C)n(-c2ccc(CC(=O)N[C@@H]3CCC[C@@H]3C(N)=O)cc2)n1. The summed E-state index contributed by atoms with van der Waals surface area (Å²) in [5.41, 5.74) is 9.35. The monoisotopic (exact) mass is 340 g/mol. The number of hydrogen-bond acceptors (Lipinski definition) is 3. The average Bonchev–Trinajstić information content (AvgIpc) is 3.14. The van der Waals surface area contributed by atoms with Crippen LogP contribution in [-0.2, 0) is 16.0 Å². The number of carbonyl (C=O) groups is 2. The molecule has 3 N–H and O–H groups in total. The Hall–Kier alpha value is -2.63. The molecule has 1 aliphatic rings. The molecule has 1 aromatic heterocycles. The van der Waals surface area contributed by atoms with Crippen LogP contribution >= 0.6 is 0 Å². The molecule has 0 saturated heterocycles. The van der Waals surface area contributed by atoms with E-state index in [9.17, 15) is 9.59 Å². The third-order valence-corrected chi connectivity index (χ3v) is 4.78. The molecule has 1 aromatic carbocycles. The smallest absolute Gasteiger partial charge is 0.224 e. The summed E-state index contributed by atoms with van der Waals surface area (Å²) in [6.45, 7) is 3.97. The molecule has 0 bridgehead atoms. The molecular formula is C19H24N4O2. The molecule has 0 unspecified atom stereocenters. The van der Waals surface area contributed by atoms with Crippen LogP contribution in [0.1, 0.15) is 36.2 Å². The minimum atomic E-state index is -0.322. The first-order valence-corrected chi connectivity index (χ1v) is 8.65. The lowest BCUT2D eigenvalue weighted by atomic mass is 10.0. The van der Waals surface area contributed by atoms with Gasteiger partial charge in [0.25, 0.3) is 0 Å². The molecule has 6 heteroatoms. The zero-order valence-corrected chi connectivity index (χ0v) is 14.7. The van der Waals surface area contributed by atoms with Gasteiger partial charge in [-0.1, -0.05) is 18.6 Å². The summed E-state index contributed by atoms with van der Waals surface area (Å²) in [5.74, 6) is -0.633. The molecule has 1 aliphatic carbocycles. The van der Waals surface area contributed by atoms with Crippen molar-refractivity contribution < 1.29 is 9.59 Å². The number of aryl methyl sites for hydroxylation is 2. The van der Waals surface area contributed by atoms with Crippen molar-refractivity contribution in [2.24, 2.45) is 11.7 Å². The second-order valence-electron chi connectivity index (χ2n) is 6.80. The zero-order chi connectivity index (χ0) is 18.0. The minimum absolute atomic E-state index is 0.0722. The van der Waals surface area contributed by atoms with E-state index in [0.717, 1.165) is 41.9 Å². The van der Waals surface area contributed by atoms with Crippen LogP contribution in [0.3, 0.4) is 0 Å². The Morgan fingerprint density at radius 2 is 1.96 bits per heavy atom. The lowest BCUT2D eigenvalue weighted by Crippen LogP contribution is -2.42. The Morgan fingerprint density at radius 3 is 2.56 bits per heavy atom. The average molecular weight is 340 g/mol. The van der Waals surface area contributed by atoms with E-state index in [1.165, 1.54) is 0 Å². The molecule has 2 atom stereocenters. The molecule has 0 aliphatic heterocycles. The highest BCUT2D eigenvalue weighted by atomic mass is 16.2. The molecule has 1 fully saturated rings. The minimum Gasteiger partial charge on any atom is -0.369 e. The third-order valence-electron chi connectivity index (χ3n) is 4.78. The summed E-state index contributed by atoms with van der Waals surface area (Å²) in [4.78, 5) is 23.7. The third kappa shape index (κ3) is 3.90. The first-order valence-electron chi connectivity index (χ1n) is 8.65. The van der Waals surface area contributed by atoms with Gasteiger partial charge in [-0.2, -0.15) is 5.10 Å². The molecule has 1 saturated carbocycles. The normalized spacial score (nSPS) is 19.8. The van der Waals surface area contributed by atoms with Gasteiger partial charge in [-0.05, 0) is 50.5 Å². The highest BCUT2D eigenvalue weighted by Gasteiger charge is 2.32. The predicted molar refractivity (Wildman–Crippen MR) is 95.2 cm³/mol. The van der Waals surface area contributed by atoms with Crippen molar-refractivity contribution in [3.63, 3.8) is 0 Å². The number of nitrogens with one attached hydrogen (secondary N) is 1. The van der Waals surface area contributed by atoms with Gasteiger partial charge in [0.05, 0.1) is 23.7 Å². The number of primary amides is 1. The first kappa shape index (κ1) is 17.2. The van der Waals surface area contributed by atoms with E-state index in [0.29, 0.717) is 6.42 Å². The molecule has 1 heterocycles. The molecule has 25 heavy (non-hydrogen) atoms. The van der Waals surface area contributed by atoms with Crippen LogP contribution in [0.25, 0.3) is 5.69 Å². The molecule has 2 aromatic rings. The van der Waals surface area contributed by atoms with Crippen molar-refractivity contribution >= 4 is 11.8 Å². The fourth-order valence-electron chi connectivity index (χ4n) is 3.56. The van der Waals surface area contributed by atoms with Gasteiger partial charge in [0.1, 0.15) is 0 Å². The Morgan fingerprint density at radius 1 is 1.24 bits per heavy atom. The molecule has 6 nitrogen and oxygen atoms in total. The van der Waals surface area contributed by atoms with Gasteiger partial charge < -0.3 is 11.1 Å². The van der Waals surface area contributed by atoms with Gasteiger partial charge in [0, 0.05) is 11.7 Å². The van der Waals surface area contributed by atoms with E-state index >= 15 is 0 Å². The summed E-state index contributed by atoms with van der Waals surface area (Å²) >= 11 is 0. The highest BCUT2D eigenvalue weighted by Crippen LogP contribution is 2.25. The quantitative estimate of drug-likeness (QED) is 0.869. The molecular weight excluding hydrogens is 316 g/mol. The number of nitrogens with zero attached hydrogens (tertiary/aromatic N) is 2. The Labute approximate surface area is 147 Å². The maximum absolute atomic E-state index is 12.3. The summed E-state index contributed by atoms with van der Waals surface area (Å²) in [7, 11) is 0. The van der Waals surface area contributed by atoms with Gasteiger partial charge in [0.15, 0.2) is 0 Å². The molecule has 3 rings (SSSR count). The first-order chi connectivity index (χ1) is 11.9. The van der Waals surface area contributed by atoms with E-state index < -0.39 is 0 Å². The van der Waals surface area contributed by atoms with Gasteiger partial charge >= 0.3 is 0 Å². The number of carbonyl (C=O) groups excluding carboxylic acids is 2. The summed E-state index contributed by atoms with van der Waals surface area (Å²) in [6, 6.07) is 9.70. The van der Waals surface area contributed by atoms with Crippen molar-refractivity contribution in [2.75, 3.05) is 0 Å². The van der Waals surface area contributed by atoms with Crippen LogP contribution in [0, 0.1) is 19.8 Å². The molecule has 132 valence electrons. The van der Waals surface area contributed by atoms with Crippen LogP contribution in [0.5, 0.6) is 0 Å². The largest absolute Gasteiger partial charge is 0.369 e. The van der Waals surface area contributed by atoms with E-state index in [-0.39, 0.29) is 23.8 Å². The van der Waals surface area contributed by atoms with Crippen molar-refractivity contribution in [3.8, 4) is 5.69 Å². The van der Waals surface area contributed by atoms with E-state index in [4.69, 9.17) is 5.73 Å². The fraction of sp³-hybridized carbons (Fsp3) is 0.421. The number of amides is 2. The summed E-state index contributed by atoms with van der Waals surface area (Å²) in [6.07, 6.45) is 2.79.